The molecule has 0 aromatic carbocycles. The molecular weight excluding hydrogens is 248 g/mol. The van der Waals surface area contributed by atoms with E-state index in [9.17, 15) is 4.79 Å². The highest BCUT2D eigenvalue weighted by Crippen LogP contribution is 2.31. The van der Waals surface area contributed by atoms with Crippen molar-refractivity contribution < 1.29 is 4.79 Å². The van der Waals surface area contributed by atoms with Crippen molar-refractivity contribution in [1.29, 1.82) is 0 Å². The molecule has 3 heteroatoms. The zero-order valence-electron chi connectivity index (χ0n) is 14.1. The molecule has 1 amide bonds. The zero-order chi connectivity index (χ0) is 15.3. The van der Waals surface area contributed by atoms with E-state index in [1.165, 1.54) is 6.42 Å². The Kier molecular flexibility index (Phi) is 7.01. The van der Waals surface area contributed by atoms with Crippen LogP contribution in [0.1, 0.15) is 66.7 Å². The number of nitrogens with two attached hydrogens (primary N) is 1. The lowest BCUT2D eigenvalue weighted by Crippen LogP contribution is -2.52. The molecule has 0 aromatic rings. The molecule has 0 aromatic heterocycles. The van der Waals surface area contributed by atoms with Crippen molar-refractivity contribution in [3.05, 3.63) is 0 Å². The quantitative estimate of drug-likeness (QED) is 0.811. The molecule has 0 aliphatic heterocycles. The molecule has 0 radical (unpaired) electrons. The van der Waals surface area contributed by atoms with Crippen LogP contribution in [0.3, 0.4) is 0 Å². The van der Waals surface area contributed by atoms with Crippen molar-refractivity contribution in [1.82, 2.24) is 4.90 Å². The van der Waals surface area contributed by atoms with Gasteiger partial charge in [-0.05, 0) is 37.5 Å². The van der Waals surface area contributed by atoms with Gasteiger partial charge in [0.15, 0.2) is 0 Å². The smallest absolute Gasteiger partial charge is 0.227 e. The van der Waals surface area contributed by atoms with Crippen molar-refractivity contribution in [3.63, 3.8) is 0 Å². The molecule has 1 aliphatic rings. The van der Waals surface area contributed by atoms with Crippen LogP contribution in [0, 0.1) is 17.8 Å². The molecule has 118 valence electrons. The molecule has 1 aliphatic carbocycles. The maximum absolute atomic E-state index is 13.1. The van der Waals surface area contributed by atoms with Crippen LogP contribution in [0.5, 0.6) is 0 Å². The molecular formula is C17H34N2O. The zero-order valence-corrected chi connectivity index (χ0v) is 14.1. The Morgan fingerprint density at radius 1 is 1.25 bits per heavy atom. The largest absolute Gasteiger partial charge is 0.339 e. The first kappa shape index (κ1) is 17.5. The molecule has 1 rings (SSSR count). The molecule has 20 heavy (non-hydrogen) atoms. The van der Waals surface area contributed by atoms with Crippen LogP contribution in [0.15, 0.2) is 0 Å². The van der Waals surface area contributed by atoms with Gasteiger partial charge in [0.25, 0.3) is 0 Å². The summed E-state index contributed by atoms with van der Waals surface area (Å²) >= 11 is 0. The van der Waals surface area contributed by atoms with Crippen molar-refractivity contribution >= 4 is 5.91 Å². The predicted octanol–water partition coefficient (Wildman–Crippen LogP) is 3.42. The lowest BCUT2D eigenvalue weighted by molar-refractivity contribution is -0.142. The summed E-state index contributed by atoms with van der Waals surface area (Å²) in [5, 5.41) is 0. The first-order valence-corrected chi connectivity index (χ1v) is 8.48. The molecule has 1 fully saturated rings. The van der Waals surface area contributed by atoms with Gasteiger partial charge >= 0.3 is 0 Å². The molecule has 3 nitrogen and oxygen atoms in total. The van der Waals surface area contributed by atoms with Crippen molar-refractivity contribution in [2.45, 2.75) is 78.8 Å². The van der Waals surface area contributed by atoms with Crippen LogP contribution in [0.4, 0.5) is 0 Å². The molecule has 3 unspecified atom stereocenters. The van der Waals surface area contributed by atoms with Gasteiger partial charge in [-0.25, -0.2) is 0 Å². The Morgan fingerprint density at radius 3 is 2.30 bits per heavy atom. The predicted molar refractivity (Wildman–Crippen MR) is 85.4 cm³/mol. The van der Waals surface area contributed by atoms with Crippen LogP contribution < -0.4 is 5.73 Å². The summed E-state index contributed by atoms with van der Waals surface area (Å²) < 4.78 is 0. The van der Waals surface area contributed by atoms with E-state index in [1.54, 1.807) is 0 Å². The summed E-state index contributed by atoms with van der Waals surface area (Å²) in [4.78, 5) is 15.2. The maximum atomic E-state index is 13.1. The molecule has 0 saturated heterocycles. The van der Waals surface area contributed by atoms with E-state index in [1.807, 2.05) is 0 Å². The molecule has 0 heterocycles. The Bertz CT molecular complexity index is 289. The average molecular weight is 282 g/mol. The van der Waals surface area contributed by atoms with Gasteiger partial charge in [-0.1, -0.05) is 41.0 Å². The van der Waals surface area contributed by atoms with Gasteiger partial charge in [-0.15, -0.1) is 0 Å². The standard InChI is InChI=1S/C17H34N2O/c1-6-14(7-2)19(11-12(3)4)17(20)16-13(5)9-8-10-15(16)18/h12-16H,6-11,18H2,1-5H3. The van der Waals surface area contributed by atoms with Gasteiger partial charge in [0, 0.05) is 18.6 Å². The Balaban J connectivity index is 2.90. The first-order valence-electron chi connectivity index (χ1n) is 8.48. The maximum Gasteiger partial charge on any atom is 0.227 e. The molecule has 0 bridgehead atoms. The SMILES string of the molecule is CCC(CC)N(CC(C)C)C(=O)C1C(C)CCCC1N. The lowest BCUT2D eigenvalue weighted by Gasteiger charge is -2.40. The minimum Gasteiger partial charge on any atom is -0.339 e. The third kappa shape index (κ3) is 4.21. The summed E-state index contributed by atoms with van der Waals surface area (Å²) in [6.07, 6.45) is 5.37. The number of carbonyl (C=O) groups excluding carboxylic acids is 1. The molecule has 1 saturated carbocycles. The number of nitrogens with zero attached hydrogens (tertiary/aromatic N) is 1. The second kappa shape index (κ2) is 8.02. The highest BCUT2D eigenvalue weighted by atomic mass is 16.2. The fourth-order valence-electron chi connectivity index (χ4n) is 3.62. The third-order valence-electron chi connectivity index (χ3n) is 4.78. The van der Waals surface area contributed by atoms with Crippen molar-refractivity contribution in [3.8, 4) is 0 Å². The Hall–Kier alpha value is -0.570. The monoisotopic (exact) mass is 282 g/mol. The van der Waals surface area contributed by atoms with Crippen LogP contribution in [-0.4, -0.2) is 29.4 Å². The fraction of sp³-hybridized carbons (Fsp3) is 0.941. The summed E-state index contributed by atoms with van der Waals surface area (Å²) in [5.74, 6) is 1.28. The number of carbonyl (C=O) groups is 1. The lowest BCUT2D eigenvalue weighted by atomic mass is 9.76. The summed E-state index contributed by atoms with van der Waals surface area (Å²) in [5.41, 5.74) is 6.27. The van der Waals surface area contributed by atoms with E-state index in [-0.39, 0.29) is 12.0 Å². The Labute approximate surface area is 125 Å². The van der Waals surface area contributed by atoms with E-state index >= 15 is 0 Å². The highest BCUT2D eigenvalue weighted by Gasteiger charge is 2.37. The second-order valence-electron chi connectivity index (χ2n) is 6.95. The second-order valence-corrected chi connectivity index (χ2v) is 6.95. The molecule has 3 atom stereocenters. The highest BCUT2D eigenvalue weighted by molar-refractivity contribution is 5.80. The van der Waals surface area contributed by atoms with Gasteiger partial charge < -0.3 is 10.6 Å². The minimum absolute atomic E-state index is 0.0306. The third-order valence-corrected chi connectivity index (χ3v) is 4.78. The van der Waals surface area contributed by atoms with E-state index < -0.39 is 0 Å². The number of hydrogen-bond donors (Lipinski definition) is 1. The van der Waals surface area contributed by atoms with Crippen LogP contribution in [0.2, 0.25) is 0 Å². The van der Waals surface area contributed by atoms with Crippen molar-refractivity contribution in [2.75, 3.05) is 6.54 Å². The van der Waals surface area contributed by atoms with E-state index in [0.29, 0.717) is 23.8 Å². The molecule has 0 spiro atoms. The summed E-state index contributed by atoms with van der Waals surface area (Å²) in [6, 6.07) is 0.418. The van der Waals surface area contributed by atoms with E-state index in [0.717, 1.165) is 32.2 Å². The van der Waals surface area contributed by atoms with Gasteiger partial charge in [0.05, 0.1) is 5.92 Å². The van der Waals surface area contributed by atoms with E-state index in [2.05, 4.69) is 39.5 Å². The van der Waals surface area contributed by atoms with Crippen LogP contribution >= 0.6 is 0 Å². The normalized spacial score (nSPS) is 27.1. The fourth-order valence-corrected chi connectivity index (χ4v) is 3.62. The van der Waals surface area contributed by atoms with Crippen molar-refractivity contribution in [2.24, 2.45) is 23.5 Å². The summed E-state index contributed by atoms with van der Waals surface area (Å²) in [6.45, 7) is 11.8. The van der Waals surface area contributed by atoms with Gasteiger partial charge in [0.2, 0.25) is 5.91 Å². The van der Waals surface area contributed by atoms with Gasteiger partial charge in [0.1, 0.15) is 0 Å². The Morgan fingerprint density at radius 2 is 1.85 bits per heavy atom. The molecule has 2 N–H and O–H groups in total. The van der Waals surface area contributed by atoms with E-state index in [4.69, 9.17) is 5.73 Å². The van der Waals surface area contributed by atoms with Gasteiger partial charge in [-0.2, -0.15) is 0 Å². The number of amides is 1. The first-order chi connectivity index (χ1) is 9.42. The number of hydrogen-bond acceptors (Lipinski definition) is 2. The van der Waals surface area contributed by atoms with Crippen LogP contribution in [-0.2, 0) is 4.79 Å². The van der Waals surface area contributed by atoms with Crippen LogP contribution in [0.25, 0.3) is 0 Å². The minimum atomic E-state index is 0.0306. The van der Waals surface area contributed by atoms with Gasteiger partial charge in [-0.3, -0.25) is 4.79 Å². The topological polar surface area (TPSA) is 46.3 Å². The average Bonchev–Trinajstić information content (AvgIpc) is 2.38. The summed E-state index contributed by atoms with van der Waals surface area (Å²) in [7, 11) is 0. The number of rotatable bonds is 6.